The van der Waals surface area contributed by atoms with E-state index in [1.165, 1.54) is 0 Å². The molecule has 0 saturated carbocycles. The maximum absolute atomic E-state index is 6.24. The molecule has 0 spiro atoms. The SMILES string of the molecule is Nc1ccc(-c2nnc(Cn3c(COc4cccc5ccccc45)nc4ccccc43)o2)cc1. The zero-order valence-electron chi connectivity index (χ0n) is 18.3. The third-order valence-corrected chi connectivity index (χ3v) is 5.76. The number of aromatic nitrogens is 4. The Labute approximate surface area is 195 Å². The number of fused-ring (bicyclic) bond motifs is 2. The van der Waals surface area contributed by atoms with Crippen molar-refractivity contribution in [3.63, 3.8) is 0 Å². The number of nitrogens with zero attached hydrogens (tertiary/aromatic N) is 4. The molecule has 34 heavy (non-hydrogen) atoms. The Balaban J connectivity index is 1.31. The van der Waals surface area contributed by atoms with Gasteiger partial charge in [0.05, 0.1) is 11.0 Å². The van der Waals surface area contributed by atoms with Crippen LogP contribution in [0.2, 0.25) is 0 Å². The van der Waals surface area contributed by atoms with Crippen molar-refractivity contribution < 1.29 is 9.15 Å². The molecule has 0 fully saturated rings. The van der Waals surface area contributed by atoms with Gasteiger partial charge >= 0.3 is 0 Å². The summed E-state index contributed by atoms with van der Waals surface area (Å²) < 4.78 is 14.2. The van der Waals surface area contributed by atoms with Crippen molar-refractivity contribution in [1.29, 1.82) is 0 Å². The largest absolute Gasteiger partial charge is 0.485 e. The van der Waals surface area contributed by atoms with E-state index >= 15 is 0 Å². The molecule has 0 aliphatic heterocycles. The highest BCUT2D eigenvalue weighted by Crippen LogP contribution is 2.27. The van der Waals surface area contributed by atoms with Gasteiger partial charge in [0.2, 0.25) is 11.8 Å². The van der Waals surface area contributed by atoms with Crippen LogP contribution in [0.4, 0.5) is 5.69 Å². The van der Waals surface area contributed by atoms with Crippen molar-refractivity contribution in [2.75, 3.05) is 5.73 Å². The average molecular weight is 447 g/mol. The first-order valence-electron chi connectivity index (χ1n) is 11.0. The van der Waals surface area contributed by atoms with Crippen molar-refractivity contribution in [3.05, 3.63) is 103 Å². The third-order valence-electron chi connectivity index (χ3n) is 5.76. The van der Waals surface area contributed by atoms with Gasteiger partial charge in [-0.05, 0) is 47.9 Å². The van der Waals surface area contributed by atoms with E-state index in [9.17, 15) is 0 Å². The van der Waals surface area contributed by atoms with Crippen LogP contribution in [0.25, 0.3) is 33.3 Å². The summed E-state index contributed by atoms with van der Waals surface area (Å²) in [7, 11) is 0. The first-order valence-corrected chi connectivity index (χ1v) is 11.0. The van der Waals surface area contributed by atoms with E-state index in [0.717, 1.165) is 38.9 Å². The molecule has 6 rings (SSSR count). The quantitative estimate of drug-likeness (QED) is 0.341. The van der Waals surface area contributed by atoms with Crippen LogP contribution in [0, 0.1) is 0 Å². The van der Waals surface area contributed by atoms with Crippen LogP contribution in [-0.2, 0) is 13.2 Å². The summed E-state index contributed by atoms with van der Waals surface area (Å²) in [5, 5.41) is 10.7. The normalized spacial score (nSPS) is 11.3. The van der Waals surface area contributed by atoms with Gasteiger partial charge in [-0.25, -0.2) is 4.98 Å². The lowest BCUT2D eigenvalue weighted by atomic mass is 10.1. The smallest absolute Gasteiger partial charge is 0.247 e. The number of nitrogens with two attached hydrogens (primary N) is 1. The molecule has 0 radical (unpaired) electrons. The molecule has 0 unspecified atom stereocenters. The van der Waals surface area contributed by atoms with Crippen LogP contribution in [0.5, 0.6) is 5.75 Å². The molecule has 7 heteroatoms. The molecule has 0 saturated heterocycles. The lowest BCUT2D eigenvalue weighted by molar-refractivity contribution is 0.293. The second kappa shape index (κ2) is 8.37. The summed E-state index contributed by atoms with van der Waals surface area (Å²) in [5.41, 5.74) is 9.15. The number of hydrogen-bond donors (Lipinski definition) is 1. The minimum absolute atomic E-state index is 0.307. The monoisotopic (exact) mass is 447 g/mol. The van der Waals surface area contributed by atoms with Crippen LogP contribution >= 0.6 is 0 Å². The maximum Gasteiger partial charge on any atom is 0.247 e. The molecule has 7 nitrogen and oxygen atoms in total. The Morgan fingerprint density at radius 2 is 1.62 bits per heavy atom. The molecular formula is C27H21N5O2. The molecule has 2 N–H and O–H groups in total. The summed E-state index contributed by atoms with van der Waals surface area (Å²) >= 11 is 0. The molecule has 166 valence electrons. The van der Waals surface area contributed by atoms with Crippen LogP contribution in [0.15, 0.2) is 95.4 Å². The number of benzene rings is 4. The minimum atomic E-state index is 0.307. The Hall–Kier alpha value is -4.65. The highest BCUT2D eigenvalue weighted by molar-refractivity contribution is 5.88. The van der Waals surface area contributed by atoms with Crippen molar-refractivity contribution in [1.82, 2.24) is 19.7 Å². The van der Waals surface area contributed by atoms with Gasteiger partial charge in [-0.2, -0.15) is 0 Å². The number of imidazole rings is 1. The summed E-state index contributed by atoms with van der Waals surface area (Å²) in [6.45, 7) is 0.693. The molecule has 2 aromatic heterocycles. The highest BCUT2D eigenvalue weighted by Gasteiger charge is 2.16. The van der Waals surface area contributed by atoms with Gasteiger partial charge in [0.25, 0.3) is 0 Å². The van der Waals surface area contributed by atoms with Crippen LogP contribution in [0.1, 0.15) is 11.7 Å². The van der Waals surface area contributed by atoms with Gasteiger partial charge < -0.3 is 19.5 Å². The van der Waals surface area contributed by atoms with E-state index < -0.39 is 0 Å². The van der Waals surface area contributed by atoms with E-state index in [1.807, 2.05) is 72.8 Å². The Bertz CT molecular complexity index is 1600. The van der Waals surface area contributed by atoms with Gasteiger partial charge in [0.15, 0.2) is 0 Å². The number of anilines is 1. The second-order valence-electron chi connectivity index (χ2n) is 7.99. The lowest BCUT2D eigenvalue weighted by Crippen LogP contribution is -2.09. The Morgan fingerprint density at radius 1 is 0.824 bits per heavy atom. The van der Waals surface area contributed by atoms with Gasteiger partial charge in [0.1, 0.15) is 24.7 Å². The predicted octanol–water partition coefficient (Wildman–Crippen LogP) is 5.45. The van der Waals surface area contributed by atoms with Gasteiger partial charge in [-0.3, -0.25) is 0 Å². The molecule has 0 atom stereocenters. The fraction of sp³-hybridized carbons (Fsp3) is 0.0741. The van der Waals surface area contributed by atoms with Crippen LogP contribution in [-0.4, -0.2) is 19.7 Å². The fourth-order valence-electron chi connectivity index (χ4n) is 4.07. The number of hydrogen-bond acceptors (Lipinski definition) is 6. The van der Waals surface area contributed by atoms with Crippen LogP contribution in [0.3, 0.4) is 0 Å². The topological polar surface area (TPSA) is 92.0 Å². The summed E-state index contributed by atoms with van der Waals surface area (Å²) in [6, 6.07) is 29.5. The van der Waals surface area contributed by atoms with Crippen molar-refractivity contribution >= 4 is 27.5 Å². The molecule has 0 amide bonds. The van der Waals surface area contributed by atoms with E-state index in [2.05, 4.69) is 33.0 Å². The van der Waals surface area contributed by atoms with E-state index in [1.54, 1.807) is 0 Å². The Morgan fingerprint density at radius 3 is 2.53 bits per heavy atom. The summed E-state index contributed by atoms with van der Waals surface area (Å²) in [4.78, 5) is 4.81. The number of ether oxygens (including phenoxy) is 1. The van der Waals surface area contributed by atoms with Crippen molar-refractivity contribution in [2.24, 2.45) is 0 Å². The average Bonchev–Trinajstić information content (AvgIpc) is 3.48. The van der Waals surface area contributed by atoms with Gasteiger partial charge in [0, 0.05) is 16.6 Å². The summed E-state index contributed by atoms with van der Waals surface area (Å²) in [6.07, 6.45) is 0. The van der Waals surface area contributed by atoms with Crippen molar-refractivity contribution in [3.8, 4) is 17.2 Å². The lowest BCUT2D eigenvalue weighted by Gasteiger charge is -2.11. The fourth-order valence-corrected chi connectivity index (χ4v) is 4.07. The van der Waals surface area contributed by atoms with E-state index in [-0.39, 0.29) is 0 Å². The standard InChI is InChI=1S/C27H21N5O2/c28-20-14-12-19(13-15-20)27-31-30-26(34-27)16-32-23-10-4-3-9-22(23)29-25(32)17-33-24-11-5-7-18-6-1-2-8-21(18)24/h1-15H,16-17,28H2. The van der Waals surface area contributed by atoms with Crippen molar-refractivity contribution in [2.45, 2.75) is 13.2 Å². The first kappa shape index (κ1) is 20.0. The Kier molecular flexibility index (Phi) is 4.92. The first-order chi connectivity index (χ1) is 16.7. The molecular weight excluding hydrogens is 426 g/mol. The number of nitrogen functional groups attached to an aromatic ring is 1. The highest BCUT2D eigenvalue weighted by atomic mass is 16.5. The zero-order chi connectivity index (χ0) is 22.9. The summed E-state index contributed by atoms with van der Waals surface area (Å²) in [5.74, 6) is 2.54. The predicted molar refractivity (Wildman–Crippen MR) is 131 cm³/mol. The van der Waals surface area contributed by atoms with E-state index in [0.29, 0.717) is 30.6 Å². The van der Waals surface area contributed by atoms with Gasteiger partial charge in [-0.1, -0.05) is 48.5 Å². The molecule has 0 aliphatic carbocycles. The molecule has 2 heterocycles. The zero-order valence-corrected chi connectivity index (χ0v) is 18.3. The third kappa shape index (κ3) is 3.73. The molecule has 6 aromatic rings. The molecule has 4 aromatic carbocycles. The molecule has 0 aliphatic rings. The maximum atomic E-state index is 6.24. The van der Waals surface area contributed by atoms with Gasteiger partial charge in [-0.15, -0.1) is 10.2 Å². The number of para-hydroxylation sites is 2. The van der Waals surface area contributed by atoms with E-state index in [4.69, 9.17) is 19.9 Å². The number of rotatable bonds is 6. The van der Waals surface area contributed by atoms with Crippen LogP contribution < -0.4 is 10.5 Å². The second-order valence-corrected chi connectivity index (χ2v) is 7.99. The minimum Gasteiger partial charge on any atom is -0.485 e. The molecule has 0 bridgehead atoms.